The first-order valence-corrected chi connectivity index (χ1v) is 14.1. The van der Waals surface area contributed by atoms with E-state index in [0.717, 1.165) is 22.8 Å². The first kappa shape index (κ1) is 32.1. The Hall–Kier alpha value is -4.86. The zero-order valence-corrected chi connectivity index (χ0v) is 25.1. The van der Waals surface area contributed by atoms with Gasteiger partial charge >= 0.3 is 5.97 Å². The molecule has 0 fully saturated rings. The van der Waals surface area contributed by atoms with Crippen molar-refractivity contribution in [2.75, 3.05) is 13.9 Å². The molecule has 228 valence electrons. The normalized spacial score (nSPS) is 13.1. The van der Waals surface area contributed by atoms with Crippen LogP contribution >= 0.6 is 0 Å². The summed E-state index contributed by atoms with van der Waals surface area (Å²) in [6, 6.07) is 29.6. The molecule has 2 atom stereocenters. The van der Waals surface area contributed by atoms with E-state index in [9.17, 15) is 24.8 Å². The Morgan fingerprint density at radius 3 is 1.75 bits per heavy atom. The van der Waals surface area contributed by atoms with Gasteiger partial charge in [0.1, 0.15) is 11.8 Å². The number of methoxy groups -OCH3 is 1. The maximum absolute atomic E-state index is 13.4. The van der Waals surface area contributed by atoms with Gasteiger partial charge in [-0.2, -0.15) is 0 Å². The number of carboxylic acid groups (broad SMARTS) is 1. The van der Waals surface area contributed by atoms with Crippen molar-refractivity contribution in [3.63, 3.8) is 0 Å². The van der Waals surface area contributed by atoms with Crippen LogP contribution in [0.15, 0.2) is 103 Å². The highest BCUT2D eigenvalue weighted by atomic mass is 16.7. The number of hydrogen-bond acceptors (Lipinski definition) is 7. The zero-order chi connectivity index (χ0) is 31.9. The summed E-state index contributed by atoms with van der Waals surface area (Å²) in [5.74, 6) is -2.23. The standard InChI is InChI=1S/C35H36N2O7/c1-34(2,3)31(28-20-24(22-38)30(44-23-43-4)21-29(28)37(41)42)32(33(39)40)36-35(25-14-8-5-9-15-25,26-16-10-6-11-17-26)27-18-12-7-13-19-27/h5-22,31-32,36H,23H2,1-4H3,(H,39,40). The Balaban J connectivity index is 2.04. The number of nitrogens with zero attached hydrogens (tertiary/aromatic N) is 1. The molecule has 4 rings (SSSR count). The number of aliphatic carboxylic acids is 1. The molecule has 0 aliphatic rings. The Labute approximate surface area is 256 Å². The number of rotatable bonds is 13. The second-order valence-electron chi connectivity index (χ2n) is 11.5. The van der Waals surface area contributed by atoms with E-state index in [0.29, 0.717) is 6.29 Å². The fourth-order valence-electron chi connectivity index (χ4n) is 5.83. The molecule has 44 heavy (non-hydrogen) atoms. The van der Waals surface area contributed by atoms with Gasteiger partial charge in [-0.1, -0.05) is 112 Å². The smallest absolute Gasteiger partial charge is 0.321 e. The predicted molar refractivity (Wildman–Crippen MR) is 167 cm³/mol. The van der Waals surface area contributed by atoms with Crippen molar-refractivity contribution in [3.05, 3.63) is 141 Å². The lowest BCUT2D eigenvalue weighted by atomic mass is 9.69. The van der Waals surface area contributed by atoms with Crippen LogP contribution in [-0.4, -0.2) is 42.2 Å². The average molecular weight is 597 g/mol. The van der Waals surface area contributed by atoms with Crippen LogP contribution in [0.2, 0.25) is 0 Å². The monoisotopic (exact) mass is 596 g/mol. The summed E-state index contributed by atoms with van der Waals surface area (Å²) in [5, 5.41) is 27.0. The molecule has 0 aliphatic heterocycles. The Morgan fingerprint density at radius 2 is 1.39 bits per heavy atom. The van der Waals surface area contributed by atoms with E-state index in [-0.39, 0.29) is 29.4 Å². The number of aldehydes is 1. The van der Waals surface area contributed by atoms with Gasteiger partial charge in [-0.3, -0.25) is 25.0 Å². The maximum Gasteiger partial charge on any atom is 0.321 e. The molecule has 0 aliphatic carbocycles. The van der Waals surface area contributed by atoms with Crippen LogP contribution < -0.4 is 10.1 Å². The predicted octanol–water partition coefficient (Wildman–Crippen LogP) is 6.55. The summed E-state index contributed by atoms with van der Waals surface area (Å²) in [5.41, 5.74) is 0.0950. The first-order valence-electron chi connectivity index (χ1n) is 14.1. The first-order chi connectivity index (χ1) is 21.0. The third-order valence-electron chi connectivity index (χ3n) is 7.67. The highest BCUT2D eigenvalue weighted by molar-refractivity contribution is 5.82. The summed E-state index contributed by atoms with van der Waals surface area (Å²) >= 11 is 0. The molecule has 0 saturated carbocycles. The van der Waals surface area contributed by atoms with Gasteiger partial charge in [0.2, 0.25) is 0 Å². The lowest BCUT2D eigenvalue weighted by Crippen LogP contribution is -2.56. The van der Waals surface area contributed by atoms with Crippen LogP contribution in [0.4, 0.5) is 5.69 Å². The Kier molecular flexibility index (Phi) is 9.93. The van der Waals surface area contributed by atoms with Gasteiger partial charge in [-0.25, -0.2) is 0 Å². The average Bonchev–Trinajstić information content (AvgIpc) is 3.02. The molecule has 2 N–H and O–H groups in total. The topological polar surface area (TPSA) is 128 Å². The van der Waals surface area contributed by atoms with E-state index >= 15 is 0 Å². The van der Waals surface area contributed by atoms with E-state index < -0.39 is 33.8 Å². The number of ether oxygens (including phenoxy) is 2. The molecular weight excluding hydrogens is 560 g/mol. The molecule has 0 saturated heterocycles. The quantitative estimate of drug-likeness (QED) is 0.0584. The van der Waals surface area contributed by atoms with Crippen molar-refractivity contribution in [2.45, 2.75) is 38.3 Å². The Bertz CT molecular complexity index is 1490. The second-order valence-corrected chi connectivity index (χ2v) is 11.5. The number of nitro benzene ring substituents is 1. The summed E-state index contributed by atoms with van der Waals surface area (Å²) < 4.78 is 10.4. The number of carbonyl (C=O) groups excluding carboxylic acids is 1. The van der Waals surface area contributed by atoms with Crippen molar-refractivity contribution < 1.29 is 29.1 Å². The highest BCUT2D eigenvalue weighted by Crippen LogP contribution is 2.46. The van der Waals surface area contributed by atoms with Crippen LogP contribution in [0, 0.1) is 15.5 Å². The molecule has 2 unspecified atom stereocenters. The summed E-state index contributed by atoms with van der Waals surface area (Å²) in [6.45, 7) is 5.24. The zero-order valence-electron chi connectivity index (χ0n) is 25.1. The SMILES string of the molecule is COCOc1cc([N+](=O)[O-])c(C(C(NC(c2ccccc2)(c2ccccc2)c2ccccc2)C(=O)O)C(C)(C)C)cc1C=O. The summed E-state index contributed by atoms with van der Waals surface area (Å²) in [4.78, 5) is 37.5. The number of benzene rings is 4. The molecule has 0 heterocycles. The minimum Gasteiger partial charge on any atom is -0.480 e. The van der Waals surface area contributed by atoms with Crippen LogP contribution in [0.5, 0.6) is 5.75 Å². The van der Waals surface area contributed by atoms with Gasteiger partial charge in [-0.05, 0) is 28.2 Å². The maximum atomic E-state index is 13.4. The second kappa shape index (κ2) is 13.6. The van der Waals surface area contributed by atoms with Crippen molar-refractivity contribution >= 4 is 17.9 Å². The number of nitro groups is 1. The van der Waals surface area contributed by atoms with Crippen molar-refractivity contribution in [3.8, 4) is 5.75 Å². The van der Waals surface area contributed by atoms with Crippen LogP contribution in [0.3, 0.4) is 0 Å². The molecule has 0 radical (unpaired) electrons. The van der Waals surface area contributed by atoms with Gasteiger partial charge < -0.3 is 14.6 Å². The molecule has 4 aromatic carbocycles. The lowest BCUT2D eigenvalue weighted by Gasteiger charge is -2.44. The molecule has 0 aromatic heterocycles. The van der Waals surface area contributed by atoms with Crippen molar-refractivity contribution in [1.29, 1.82) is 0 Å². The van der Waals surface area contributed by atoms with Gasteiger partial charge in [0, 0.05) is 18.6 Å². The minimum atomic E-state index is -1.38. The molecule has 0 spiro atoms. The van der Waals surface area contributed by atoms with E-state index in [1.165, 1.54) is 13.2 Å². The van der Waals surface area contributed by atoms with Gasteiger partial charge in [0.05, 0.1) is 22.1 Å². The number of hydrogen-bond donors (Lipinski definition) is 2. The molecule has 9 nitrogen and oxygen atoms in total. The summed E-state index contributed by atoms with van der Waals surface area (Å²) in [6.07, 6.45) is 0.531. The van der Waals surface area contributed by atoms with Gasteiger partial charge in [0.15, 0.2) is 13.1 Å². The highest BCUT2D eigenvalue weighted by Gasteiger charge is 2.47. The van der Waals surface area contributed by atoms with E-state index in [2.05, 4.69) is 5.32 Å². The Morgan fingerprint density at radius 1 is 0.909 bits per heavy atom. The molecular formula is C35H36N2O7. The van der Waals surface area contributed by atoms with E-state index in [4.69, 9.17) is 9.47 Å². The third kappa shape index (κ3) is 6.54. The summed E-state index contributed by atoms with van der Waals surface area (Å²) in [7, 11) is 1.39. The number of carboxylic acids is 1. The van der Waals surface area contributed by atoms with Crippen molar-refractivity contribution in [2.24, 2.45) is 5.41 Å². The van der Waals surface area contributed by atoms with Crippen molar-refractivity contribution in [1.82, 2.24) is 5.32 Å². The lowest BCUT2D eigenvalue weighted by molar-refractivity contribution is -0.386. The number of carbonyl (C=O) groups is 2. The van der Waals surface area contributed by atoms with E-state index in [1.54, 1.807) is 0 Å². The van der Waals surface area contributed by atoms with E-state index in [1.807, 2.05) is 112 Å². The van der Waals surface area contributed by atoms with Crippen LogP contribution in [-0.2, 0) is 15.1 Å². The van der Waals surface area contributed by atoms with Crippen LogP contribution in [0.25, 0.3) is 0 Å². The van der Waals surface area contributed by atoms with Crippen LogP contribution in [0.1, 0.15) is 59.3 Å². The fraction of sp³-hybridized carbons (Fsp3) is 0.257. The molecule has 9 heteroatoms. The van der Waals surface area contributed by atoms with Gasteiger partial charge in [-0.15, -0.1) is 0 Å². The fourth-order valence-corrected chi connectivity index (χ4v) is 5.83. The largest absolute Gasteiger partial charge is 0.480 e. The number of nitrogens with one attached hydrogen (secondary N) is 1. The third-order valence-corrected chi connectivity index (χ3v) is 7.67. The molecule has 0 amide bonds. The minimum absolute atomic E-state index is 0.0306. The molecule has 0 bridgehead atoms. The van der Waals surface area contributed by atoms with Gasteiger partial charge in [0.25, 0.3) is 5.69 Å². The molecule has 4 aromatic rings.